The first-order valence-corrected chi connectivity index (χ1v) is 7.53. The maximum Gasteiger partial charge on any atom is 0.322 e. The van der Waals surface area contributed by atoms with Crippen molar-refractivity contribution in [2.75, 3.05) is 6.54 Å². The number of phenolic OH excluding ortho intramolecular Hbond substituents is 1. The number of fused-ring (bicyclic) bond motifs is 1. The smallest absolute Gasteiger partial charge is 0.322 e. The summed E-state index contributed by atoms with van der Waals surface area (Å²) in [6, 6.07) is 7.91. The van der Waals surface area contributed by atoms with Crippen LogP contribution in [0.5, 0.6) is 11.5 Å². The number of benzene rings is 1. The maximum atomic E-state index is 12.4. The molecule has 0 radical (unpaired) electrons. The van der Waals surface area contributed by atoms with E-state index in [1.54, 1.807) is 24.4 Å². The fraction of sp³-hybridized carbons (Fsp3) is 0.118. The molecule has 4 N–H and O–H groups in total. The molecule has 2 heterocycles. The minimum absolute atomic E-state index is 0.102. The fourth-order valence-corrected chi connectivity index (χ4v) is 2.63. The van der Waals surface area contributed by atoms with Crippen LogP contribution >= 0.6 is 0 Å². The number of rotatable bonds is 4. The van der Waals surface area contributed by atoms with E-state index in [1.165, 1.54) is 23.7 Å². The molecule has 9 nitrogen and oxygen atoms in total. The van der Waals surface area contributed by atoms with Crippen LogP contribution < -0.4 is 10.9 Å². The number of aromatic hydroxyl groups is 2. The lowest BCUT2D eigenvalue weighted by Gasteiger charge is -2.10. The molecule has 0 saturated heterocycles. The molecule has 26 heavy (non-hydrogen) atoms. The standard InChI is InChI=1S/C17H15N3O6/c1-19-17(26)14(16(25)18-7-13(22)23)15(24)12-6-10(8-20(12)19)9-2-4-11(21)5-3-9/h2-6,8,21,24H,7H2,1H3,(H,18,25)(H,22,23). The quantitative estimate of drug-likeness (QED) is 0.538. The van der Waals surface area contributed by atoms with Crippen molar-refractivity contribution in [2.24, 2.45) is 7.05 Å². The lowest BCUT2D eigenvalue weighted by Crippen LogP contribution is -2.36. The van der Waals surface area contributed by atoms with Gasteiger partial charge in [-0.05, 0) is 23.8 Å². The van der Waals surface area contributed by atoms with E-state index in [0.29, 0.717) is 5.56 Å². The molecule has 9 heteroatoms. The Kier molecular flexibility index (Phi) is 4.13. The molecular weight excluding hydrogens is 342 g/mol. The molecule has 134 valence electrons. The first kappa shape index (κ1) is 17.1. The van der Waals surface area contributed by atoms with E-state index in [2.05, 4.69) is 5.32 Å². The number of phenols is 1. The van der Waals surface area contributed by atoms with E-state index in [0.717, 1.165) is 10.2 Å². The summed E-state index contributed by atoms with van der Waals surface area (Å²) in [6.45, 7) is -0.674. The normalized spacial score (nSPS) is 10.8. The van der Waals surface area contributed by atoms with E-state index in [9.17, 15) is 24.6 Å². The Hall–Kier alpha value is -3.75. The van der Waals surface area contributed by atoms with E-state index < -0.39 is 35.3 Å². The van der Waals surface area contributed by atoms with Crippen molar-refractivity contribution in [3.63, 3.8) is 0 Å². The van der Waals surface area contributed by atoms with Crippen LogP contribution in [0.4, 0.5) is 0 Å². The van der Waals surface area contributed by atoms with E-state index in [1.807, 2.05) is 0 Å². The highest BCUT2D eigenvalue weighted by atomic mass is 16.4. The summed E-state index contributed by atoms with van der Waals surface area (Å²) in [5, 5.41) is 30.5. The van der Waals surface area contributed by atoms with Crippen molar-refractivity contribution in [3.8, 4) is 22.6 Å². The van der Waals surface area contributed by atoms with Gasteiger partial charge in [0.25, 0.3) is 11.5 Å². The first-order chi connectivity index (χ1) is 12.3. The number of aromatic nitrogens is 2. The Morgan fingerprint density at radius 1 is 1.12 bits per heavy atom. The lowest BCUT2D eigenvalue weighted by molar-refractivity contribution is -0.135. The zero-order valence-electron chi connectivity index (χ0n) is 13.6. The molecule has 0 saturated carbocycles. The molecule has 1 amide bonds. The number of carboxylic acid groups (broad SMARTS) is 1. The van der Waals surface area contributed by atoms with E-state index in [4.69, 9.17) is 5.11 Å². The topological polar surface area (TPSA) is 133 Å². The van der Waals surface area contributed by atoms with Gasteiger partial charge >= 0.3 is 5.97 Å². The Balaban J connectivity index is 2.15. The highest BCUT2D eigenvalue weighted by molar-refractivity contribution is 6.00. The largest absolute Gasteiger partial charge is 0.508 e. The zero-order chi connectivity index (χ0) is 19.0. The Bertz CT molecular complexity index is 1080. The predicted octanol–water partition coefficient (Wildman–Crippen LogP) is 0.531. The molecule has 2 aromatic heterocycles. The van der Waals surface area contributed by atoms with E-state index in [-0.39, 0.29) is 11.3 Å². The Labute approximate surface area is 146 Å². The molecule has 0 unspecified atom stereocenters. The van der Waals surface area contributed by atoms with Crippen molar-refractivity contribution in [1.29, 1.82) is 0 Å². The van der Waals surface area contributed by atoms with Gasteiger partial charge < -0.3 is 20.6 Å². The second kappa shape index (κ2) is 6.28. The highest BCUT2D eigenvalue weighted by Gasteiger charge is 2.22. The first-order valence-electron chi connectivity index (χ1n) is 7.53. The third-order valence-corrected chi connectivity index (χ3v) is 3.94. The molecule has 0 aliphatic rings. The van der Waals surface area contributed by atoms with Gasteiger partial charge in [-0.3, -0.25) is 18.9 Å². The van der Waals surface area contributed by atoms with Crippen LogP contribution in [0.15, 0.2) is 41.3 Å². The van der Waals surface area contributed by atoms with Gasteiger partial charge in [0.2, 0.25) is 0 Å². The van der Waals surface area contributed by atoms with Crippen molar-refractivity contribution in [1.82, 2.24) is 14.5 Å². The summed E-state index contributed by atoms with van der Waals surface area (Å²) in [5.74, 6) is -2.68. The average molecular weight is 357 g/mol. The average Bonchev–Trinajstić information content (AvgIpc) is 3.04. The third kappa shape index (κ3) is 2.86. The summed E-state index contributed by atoms with van der Waals surface area (Å²) in [7, 11) is 1.42. The van der Waals surface area contributed by atoms with Crippen LogP contribution in [-0.4, -0.2) is 42.9 Å². The molecular formula is C17H15N3O6. The SMILES string of the molecule is Cn1c(=O)c(C(=O)NCC(=O)O)c(O)c2cc(-c3ccc(O)cc3)cn21. The summed E-state index contributed by atoms with van der Waals surface area (Å²) < 4.78 is 2.52. The minimum atomic E-state index is -1.27. The number of aliphatic carboxylic acids is 1. The van der Waals surface area contributed by atoms with Crippen molar-refractivity contribution in [3.05, 3.63) is 52.4 Å². The number of nitrogens with one attached hydrogen (secondary N) is 1. The number of amides is 1. The molecule has 1 aromatic carbocycles. The molecule has 3 aromatic rings. The summed E-state index contributed by atoms with van der Waals surface area (Å²) in [4.78, 5) is 35.1. The van der Waals surface area contributed by atoms with Gasteiger partial charge in [0.1, 0.15) is 23.4 Å². The monoisotopic (exact) mass is 357 g/mol. The number of nitrogens with zero attached hydrogens (tertiary/aromatic N) is 2. The summed E-state index contributed by atoms with van der Waals surface area (Å²) in [6.07, 6.45) is 1.60. The van der Waals surface area contributed by atoms with Crippen LogP contribution in [-0.2, 0) is 11.8 Å². The molecule has 0 aliphatic heterocycles. The summed E-state index contributed by atoms with van der Waals surface area (Å²) in [5.41, 5.74) is 0.284. The summed E-state index contributed by atoms with van der Waals surface area (Å²) >= 11 is 0. The van der Waals surface area contributed by atoms with E-state index >= 15 is 0 Å². The van der Waals surface area contributed by atoms with Crippen LogP contribution in [0.2, 0.25) is 0 Å². The third-order valence-electron chi connectivity index (χ3n) is 3.94. The van der Waals surface area contributed by atoms with Crippen LogP contribution in [0.3, 0.4) is 0 Å². The number of carbonyl (C=O) groups excluding carboxylic acids is 1. The molecule has 0 spiro atoms. The number of hydrogen-bond donors (Lipinski definition) is 4. The van der Waals surface area contributed by atoms with Crippen LogP contribution in [0.25, 0.3) is 16.6 Å². The van der Waals surface area contributed by atoms with Gasteiger partial charge in [-0.1, -0.05) is 12.1 Å². The predicted molar refractivity (Wildman–Crippen MR) is 91.4 cm³/mol. The Morgan fingerprint density at radius 2 is 1.77 bits per heavy atom. The number of aryl methyl sites for hydroxylation is 1. The van der Waals surface area contributed by atoms with Gasteiger partial charge in [-0.25, -0.2) is 4.68 Å². The van der Waals surface area contributed by atoms with Gasteiger partial charge in [0.15, 0.2) is 5.75 Å². The van der Waals surface area contributed by atoms with Crippen molar-refractivity contribution < 1.29 is 24.9 Å². The van der Waals surface area contributed by atoms with Crippen LogP contribution in [0, 0.1) is 0 Å². The fourth-order valence-electron chi connectivity index (χ4n) is 2.63. The molecule has 0 atom stereocenters. The van der Waals surface area contributed by atoms with Crippen molar-refractivity contribution in [2.45, 2.75) is 0 Å². The maximum absolute atomic E-state index is 12.4. The minimum Gasteiger partial charge on any atom is -0.508 e. The Morgan fingerprint density at radius 3 is 2.38 bits per heavy atom. The molecule has 0 fully saturated rings. The van der Waals surface area contributed by atoms with Gasteiger partial charge in [-0.2, -0.15) is 0 Å². The van der Waals surface area contributed by atoms with Gasteiger partial charge in [-0.15, -0.1) is 0 Å². The van der Waals surface area contributed by atoms with Crippen LogP contribution in [0.1, 0.15) is 10.4 Å². The lowest BCUT2D eigenvalue weighted by atomic mass is 10.1. The zero-order valence-corrected chi connectivity index (χ0v) is 13.6. The number of carbonyl (C=O) groups is 2. The second-order valence-corrected chi connectivity index (χ2v) is 5.63. The molecule has 0 bridgehead atoms. The van der Waals surface area contributed by atoms with Crippen molar-refractivity contribution >= 4 is 17.4 Å². The molecule has 0 aliphatic carbocycles. The van der Waals surface area contributed by atoms with Gasteiger partial charge in [0, 0.05) is 18.8 Å². The second-order valence-electron chi connectivity index (χ2n) is 5.63. The molecule has 3 rings (SSSR count). The highest BCUT2D eigenvalue weighted by Crippen LogP contribution is 2.29. The number of carboxylic acids is 1. The number of hydrogen-bond acceptors (Lipinski definition) is 5. The van der Waals surface area contributed by atoms with Gasteiger partial charge in [0.05, 0.1) is 0 Å².